The van der Waals surface area contributed by atoms with E-state index in [0.717, 1.165) is 22.0 Å². The molecule has 0 spiro atoms. The van der Waals surface area contributed by atoms with Gasteiger partial charge in [0, 0.05) is 12.1 Å². The standard InChI is InChI=1S/C20H22ClN3/c1-24-18-13-16(21)11-12-17(18)22-20(24)23-19(15-9-5-6-10-15)14-7-3-2-4-8-14/h2-4,7-8,11-13,15,19H,5-6,9-10H2,1H3,(H,22,23). The quantitative estimate of drug-likeness (QED) is 0.673. The number of nitrogens with one attached hydrogen (secondary N) is 1. The first-order valence-electron chi connectivity index (χ1n) is 8.66. The predicted octanol–water partition coefficient (Wildman–Crippen LogP) is 5.57. The van der Waals surface area contributed by atoms with Gasteiger partial charge in [-0.1, -0.05) is 54.8 Å². The molecule has 1 aliphatic carbocycles. The van der Waals surface area contributed by atoms with E-state index < -0.39 is 0 Å². The Morgan fingerprint density at radius 2 is 1.88 bits per heavy atom. The van der Waals surface area contributed by atoms with Crippen LogP contribution in [0.1, 0.15) is 37.3 Å². The summed E-state index contributed by atoms with van der Waals surface area (Å²) >= 11 is 6.14. The molecule has 1 aliphatic rings. The molecule has 2 aromatic carbocycles. The first-order valence-corrected chi connectivity index (χ1v) is 9.03. The van der Waals surface area contributed by atoms with Gasteiger partial charge in [-0.25, -0.2) is 4.98 Å². The minimum atomic E-state index is 0.305. The van der Waals surface area contributed by atoms with Crippen molar-refractivity contribution in [3.05, 3.63) is 59.1 Å². The molecule has 3 aromatic rings. The molecule has 4 rings (SSSR count). The molecule has 1 saturated carbocycles. The molecular weight excluding hydrogens is 318 g/mol. The van der Waals surface area contributed by atoms with E-state index >= 15 is 0 Å². The maximum absolute atomic E-state index is 6.14. The third-order valence-electron chi connectivity index (χ3n) is 5.16. The van der Waals surface area contributed by atoms with Crippen molar-refractivity contribution < 1.29 is 0 Å². The highest BCUT2D eigenvalue weighted by Crippen LogP contribution is 2.38. The van der Waals surface area contributed by atoms with Gasteiger partial charge in [-0.2, -0.15) is 0 Å². The van der Waals surface area contributed by atoms with Crippen molar-refractivity contribution in [2.75, 3.05) is 5.32 Å². The van der Waals surface area contributed by atoms with E-state index in [2.05, 4.69) is 40.2 Å². The first-order chi connectivity index (χ1) is 11.7. The molecule has 124 valence electrons. The van der Waals surface area contributed by atoms with Crippen molar-refractivity contribution in [3.63, 3.8) is 0 Å². The van der Waals surface area contributed by atoms with Gasteiger partial charge in [0.05, 0.1) is 17.1 Å². The Hall–Kier alpha value is -2.00. The van der Waals surface area contributed by atoms with Gasteiger partial charge in [0.1, 0.15) is 0 Å². The number of aromatic nitrogens is 2. The van der Waals surface area contributed by atoms with Crippen molar-refractivity contribution in [1.82, 2.24) is 9.55 Å². The monoisotopic (exact) mass is 339 g/mol. The van der Waals surface area contributed by atoms with Crippen LogP contribution in [0.25, 0.3) is 11.0 Å². The molecule has 0 amide bonds. The lowest BCUT2D eigenvalue weighted by Gasteiger charge is -2.25. The Bertz CT molecular complexity index is 835. The molecule has 1 N–H and O–H groups in total. The van der Waals surface area contributed by atoms with Crippen LogP contribution in [0.3, 0.4) is 0 Å². The summed E-state index contributed by atoms with van der Waals surface area (Å²) in [6.45, 7) is 0. The lowest BCUT2D eigenvalue weighted by molar-refractivity contribution is 0.467. The molecule has 0 radical (unpaired) electrons. The van der Waals surface area contributed by atoms with E-state index in [0.29, 0.717) is 12.0 Å². The summed E-state index contributed by atoms with van der Waals surface area (Å²) in [5.41, 5.74) is 3.38. The van der Waals surface area contributed by atoms with E-state index in [1.54, 1.807) is 0 Å². The second-order valence-corrected chi connectivity index (χ2v) is 7.14. The Morgan fingerprint density at radius 3 is 2.62 bits per heavy atom. The molecule has 0 aliphatic heterocycles. The van der Waals surface area contributed by atoms with Gasteiger partial charge >= 0.3 is 0 Å². The van der Waals surface area contributed by atoms with Crippen molar-refractivity contribution >= 4 is 28.6 Å². The molecule has 1 atom stereocenters. The largest absolute Gasteiger partial charge is 0.349 e. The molecule has 4 heteroatoms. The Kier molecular flexibility index (Phi) is 4.19. The number of halogens is 1. The van der Waals surface area contributed by atoms with Crippen LogP contribution in [-0.4, -0.2) is 9.55 Å². The second kappa shape index (κ2) is 6.48. The van der Waals surface area contributed by atoms with E-state index in [1.165, 1.54) is 31.2 Å². The first kappa shape index (κ1) is 15.5. The molecule has 0 saturated heterocycles. The maximum atomic E-state index is 6.14. The molecule has 3 nitrogen and oxygen atoms in total. The normalized spacial score (nSPS) is 16.6. The second-order valence-electron chi connectivity index (χ2n) is 6.70. The number of aryl methyl sites for hydroxylation is 1. The van der Waals surface area contributed by atoms with Gasteiger partial charge in [0.2, 0.25) is 5.95 Å². The summed E-state index contributed by atoms with van der Waals surface area (Å²) in [7, 11) is 2.05. The van der Waals surface area contributed by atoms with Gasteiger partial charge in [-0.3, -0.25) is 0 Å². The third kappa shape index (κ3) is 2.89. The lowest BCUT2D eigenvalue weighted by Crippen LogP contribution is -2.20. The van der Waals surface area contributed by atoms with Crippen molar-refractivity contribution in [2.45, 2.75) is 31.7 Å². The number of anilines is 1. The number of fused-ring (bicyclic) bond motifs is 1. The Balaban J connectivity index is 1.71. The highest BCUT2D eigenvalue weighted by atomic mass is 35.5. The number of nitrogens with zero attached hydrogens (tertiary/aromatic N) is 2. The van der Waals surface area contributed by atoms with Crippen LogP contribution in [-0.2, 0) is 7.05 Å². The average Bonchev–Trinajstić information content (AvgIpc) is 3.23. The maximum Gasteiger partial charge on any atom is 0.204 e. The summed E-state index contributed by atoms with van der Waals surface area (Å²) in [6.07, 6.45) is 5.21. The molecule has 0 bridgehead atoms. The Morgan fingerprint density at radius 1 is 1.12 bits per heavy atom. The molecule has 24 heavy (non-hydrogen) atoms. The van der Waals surface area contributed by atoms with Crippen LogP contribution in [0.5, 0.6) is 0 Å². The Labute approximate surface area is 147 Å². The number of imidazole rings is 1. The van der Waals surface area contributed by atoms with Crippen LogP contribution in [0.2, 0.25) is 5.02 Å². The fraction of sp³-hybridized carbons (Fsp3) is 0.350. The number of benzene rings is 2. The summed E-state index contributed by atoms with van der Waals surface area (Å²) in [5.74, 6) is 1.57. The van der Waals surface area contributed by atoms with E-state index in [9.17, 15) is 0 Å². The fourth-order valence-corrected chi connectivity index (χ4v) is 4.02. The van der Waals surface area contributed by atoms with E-state index in [1.807, 2.05) is 25.2 Å². The zero-order chi connectivity index (χ0) is 16.5. The van der Waals surface area contributed by atoms with Gasteiger partial charge < -0.3 is 9.88 Å². The van der Waals surface area contributed by atoms with Crippen LogP contribution >= 0.6 is 11.6 Å². The molecule has 1 unspecified atom stereocenters. The predicted molar refractivity (Wildman–Crippen MR) is 100 cm³/mol. The average molecular weight is 340 g/mol. The molecular formula is C20H22ClN3. The van der Waals surface area contributed by atoms with E-state index in [-0.39, 0.29) is 0 Å². The molecule has 1 aromatic heterocycles. The van der Waals surface area contributed by atoms with E-state index in [4.69, 9.17) is 16.6 Å². The van der Waals surface area contributed by atoms with Crippen molar-refractivity contribution in [3.8, 4) is 0 Å². The fourth-order valence-electron chi connectivity index (χ4n) is 3.86. The topological polar surface area (TPSA) is 29.9 Å². The third-order valence-corrected chi connectivity index (χ3v) is 5.39. The zero-order valence-electron chi connectivity index (χ0n) is 13.9. The highest BCUT2D eigenvalue weighted by molar-refractivity contribution is 6.31. The molecule has 1 fully saturated rings. The SMILES string of the molecule is Cn1c(NC(c2ccccc2)C2CCCC2)nc2ccc(Cl)cc21. The minimum absolute atomic E-state index is 0.305. The number of hydrogen-bond acceptors (Lipinski definition) is 2. The van der Waals surface area contributed by atoms with Gasteiger partial charge in [0.15, 0.2) is 0 Å². The van der Waals surface area contributed by atoms with Crippen molar-refractivity contribution in [1.29, 1.82) is 0 Å². The summed E-state index contributed by atoms with van der Waals surface area (Å²) in [5, 5.41) is 4.47. The number of rotatable bonds is 4. The minimum Gasteiger partial charge on any atom is -0.349 e. The molecule has 1 heterocycles. The van der Waals surface area contributed by atoms with Gasteiger partial charge in [-0.15, -0.1) is 0 Å². The summed E-state index contributed by atoms with van der Waals surface area (Å²) in [6, 6.07) is 16.9. The van der Waals surface area contributed by atoms with Crippen LogP contribution in [0, 0.1) is 5.92 Å². The van der Waals surface area contributed by atoms with Crippen LogP contribution in [0.4, 0.5) is 5.95 Å². The van der Waals surface area contributed by atoms with Crippen LogP contribution < -0.4 is 5.32 Å². The summed E-state index contributed by atoms with van der Waals surface area (Å²) < 4.78 is 2.10. The lowest BCUT2D eigenvalue weighted by atomic mass is 9.92. The number of hydrogen-bond donors (Lipinski definition) is 1. The highest BCUT2D eigenvalue weighted by Gasteiger charge is 2.27. The van der Waals surface area contributed by atoms with Gasteiger partial charge in [-0.05, 0) is 42.5 Å². The van der Waals surface area contributed by atoms with Gasteiger partial charge in [0.25, 0.3) is 0 Å². The van der Waals surface area contributed by atoms with Crippen LogP contribution in [0.15, 0.2) is 48.5 Å². The summed E-state index contributed by atoms with van der Waals surface area (Å²) in [4.78, 5) is 4.78. The van der Waals surface area contributed by atoms with Crippen molar-refractivity contribution in [2.24, 2.45) is 13.0 Å². The zero-order valence-corrected chi connectivity index (χ0v) is 14.6. The smallest absolute Gasteiger partial charge is 0.204 e.